The van der Waals surface area contributed by atoms with Crippen molar-refractivity contribution in [3.63, 3.8) is 0 Å². The van der Waals surface area contributed by atoms with Crippen LogP contribution in [0.3, 0.4) is 0 Å². The third-order valence-corrected chi connectivity index (χ3v) is 5.34. The molecule has 0 unspecified atom stereocenters. The lowest BCUT2D eigenvalue weighted by Crippen LogP contribution is -2.48. The van der Waals surface area contributed by atoms with Crippen molar-refractivity contribution in [3.8, 4) is 5.75 Å². The second kappa shape index (κ2) is 12.0. The highest BCUT2D eigenvalue weighted by atomic mass is 32.2. The summed E-state index contributed by atoms with van der Waals surface area (Å²) in [5.74, 6) is -1.39. The number of carbonyl (C=O) groups is 2. The highest BCUT2D eigenvalue weighted by molar-refractivity contribution is 7.89. The van der Waals surface area contributed by atoms with Gasteiger partial charge in [-0.15, -0.1) is 0 Å². The zero-order valence-electron chi connectivity index (χ0n) is 16.3. The molecule has 6 N–H and O–H groups in total. The van der Waals surface area contributed by atoms with Gasteiger partial charge < -0.3 is 20.9 Å². The summed E-state index contributed by atoms with van der Waals surface area (Å²) in [5.41, 5.74) is 5.94. The fraction of sp³-hybridized carbons (Fsp3) is 0.500. The van der Waals surface area contributed by atoms with Crippen LogP contribution in [0.1, 0.15) is 38.2 Å². The van der Waals surface area contributed by atoms with Gasteiger partial charge in [0.05, 0.1) is 12.4 Å². The maximum Gasteiger partial charge on any atom is 0.323 e. The van der Waals surface area contributed by atoms with E-state index in [-0.39, 0.29) is 31.2 Å². The molecule has 0 fully saturated rings. The van der Waals surface area contributed by atoms with Crippen molar-refractivity contribution in [2.24, 2.45) is 5.73 Å². The minimum absolute atomic E-state index is 0.0412. The van der Waals surface area contributed by atoms with Gasteiger partial charge in [-0.25, -0.2) is 8.42 Å². The highest BCUT2D eigenvalue weighted by Gasteiger charge is 2.24. The number of benzene rings is 1. The van der Waals surface area contributed by atoms with Crippen LogP contribution in [0.4, 0.5) is 0 Å². The largest absolute Gasteiger partial charge is 0.494 e. The molecule has 1 rings (SSSR count). The summed E-state index contributed by atoms with van der Waals surface area (Å²) < 4.78 is 31.2. The monoisotopic (exact) mass is 428 g/mol. The van der Waals surface area contributed by atoms with E-state index in [1.807, 2.05) is 6.92 Å². The molecule has 29 heavy (non-hydrogen) atoms. The van der Waals surface area contributed by atoms with Crippen LogP contribution in [0.25, 0.3) is 0 Å². The number of sulfonamides is 1. The molecule has 0 bridgehead atoms. The molecule has 0 aliphatic heterocycles. The number of amidine groups is 1. The second-order valence-corrected chi connectivity index (χ2v) is 8.25. The van der Waals surface area contributed by atoms with Crippen molar-refractivity contribution >= 4 is 27.7 Å². The van der Waals surface area contributed by atoms with Gasteiger partial charge in [0, 0.05) is 18.5 Å². The van der Waals surface area contributed by atoms with E-state index in [9.17, 15) is 18.0 Å². The molecule has 162 valence electrons. The lowest BCUT2D eigenvalue weighted by Gasteiger charge is -2.15. The standard InChI is InChI=1S/C18H28N4O6S/c1-2-3-11-29(26,27)22-15(18(24)25)12-21-16(23)5-4-10-28-14-8-6-13(7-9-14)17(19)20/h6-9,15,22H,2-5,10-12H2,1H3,(H3,19,20)(H,21,23)(H,24,25)/t15-/m0/s1. The third-order valence-electron chi connectivity index (χ3n) is 3.87. The number of nitrogen functional groups attached to an aromatic ring is 1. The van der Waals surface area contributed by atoms with Gasteiger partial charge in [0.1, 0.15) is 17.6 Å². The molecule has 10 nitrogen and oxygen atoms in total. The minimum Gasteiger partial charge on any atom is -0.494 e. The van der Waals surface area contributed by atoms with E-state index < -0.39 is 27.9 Å². The predicted molar refractivity (Wildman–Crippen MR) is 108 cm³/mol. The van der Waals surface area contributed by atoms with Gasteiger partial charge in [0.2, 0.25) is 15.9 Å². The van der Waals surface area contributed by atoms with E-state index >= 15 is 0 Å². The summed E-state index contributed by atoms with van der Waals surface area (Å²) in [6.07, 6.45) is 1.57. The fourth-order valence-corrected chi connectivity index (χ4v) is 3.65. The van der Waals surface area contributed by atoms with Crippen LogP contribution in [0.15, 0.2) is 24.3 Å². The normalized spacial score (nSPS) is 12.2. The molecular formula is C18H28N4O6S. The summed E-state index contributed by atoms with van der Waals surface area (Å²) in [4.78, 5) is 23.1. The van der Waals surface area contributed by atoms with Gasteiger partial charge in [-0.05, 0) is 37.1 Å². The lowest BCUT2D eigenvalue weighted by atomic mass is 10.2. The number of carboxylic acids is 1. The molecular weight excluding hydrogens is 400 g/mol. The quantitative estimate of drug-likeness (QED) is 0.162. The van der Waals surface area contributed by atoms with Crippen molar-refractivity contribution in [1.82, 2.24) is 10.0 Å². The van der Waals surface area contributed by atoms with E-state index in [0.29, 0.717) is 30.6 Å². The van der Waals surface area contributed by atoms with Crippen molar-refractivity contribution in [1.29, 1.82) is 5.41 Å². The number of carboxylic acid groups (broad SMARTS) is 1. The van der Waals surface area contributed by atoms with Crippen molar-refractivity contribution in [2.75, 3.05) is 18.9 Å². The molecule has 0 aromatic heterocycles. The number of unbranched alkanes of at least 4 members (excludes halogenated alkanes) is 1. The molecule has 0 heterocycles. The first kappa shape index (κ1) is 24.4. The molecule has 11 heteroatoms. The second-order valence-electron chi connectivity index (χ2n) is 6.38. The highest BCUT2D eigenvalue weighted by Crippen LogP contribution is 2.12. The summed E-state index contributed by atoms with van der Waals surface area (Å²) in [6.45, 7) is 1.75. The topological polar surface area (TPSA) is 172 Å². The Morgan fingerprint density at radius 2 is 1.90 bits per heavy atom. The number of nitrogens with two attached hydrogens (primary N) is 1. The Hall–Kier alpha value is -2.66. The van der Waals surface area contributed by atoms with Crippen LogP contribution in [0, 0.1) is 5.41 Å². The number of ether oxygens (including phenoxy) is 1. The predicted octanol–water partition coefficient (Wildman–Crippen LogP) is 0.419. The van der Waals surface area contributed by atoms with Crippen LogP contribution in [-0.4, -0.2) is 56.2 Å². The number of rotatable bonds is 14. The number of hydrogen-bond acceptors (Lipinski definition) is 6. The van der Waals surface area contributed by atoms with Crippen LogP contribution < -0.4 is 20.5 Å². The van der Waals surface area contributed by atoms with Crippen LogP contribution in [-0.2, 0) is 19.6 Å². The Labute approximate surface area is 170 Å². The van der Waals surface area contributed by atoms with Gasteiger partial charge >= 0.3 is 5.97 Å². The van der Waals surface area contributed by atoms with E-state index in [4.69, 9.17) is 21.0 Å². The molecule has 1 amide bonds. The smallest absolute Gasteiger partial charge is 0.323 e. The molecule has 0 aliphatic carbocycles. The van der Waals surface area contributed by atoms with E-state index in [1.165, 1.54) is 0 Å². The van der Waals surface area contributed by atoms with E-state index in [1.54, 1.807) is 24.3 Å². The van der Waals surface area contributed by atoms with Gasteiger partial charge in [0.25, 0.3) is 0 Å². The molecule has 1 atom stereocenters. The summed E-state index contributed by atoms with van der Waals surface area (Å²) in [6, 6.07) is 5.21. The molecule has 0 spiro atoms. The molecule has 0 aliphatic rings. The first-order valence-corrected chi connectivity index (χ1v) is 10.9. The zero-order chi connectivity index (χ0) is 21.9. The van der Waals surface area contributed by atoms with Gasteiger partial charge in [-0.1, -0.05) is 13.3 Å². The molecule has 1 aromatic rings. The lowest BCUT2D eigenvalue weighted by molar-refractivity contribution is -0.138. The minimum atomic E-state index is -3.72. The SMILES string of the molecule is CCCCS(=O)(=O)N[C@@H](CNC(=O)CCCOc1ccc(C(=N)N)cc1)C(=O)O. The Morgan fingerprint density at radius 3 is 2.45 bits per heavy atom. The van der Waals surface area contributed by atoms with Gasteiger partial charge in [-0.3, -0.25) is 15.0 Å². The summed E-state index contributed by atoms with van der Waals surface area (Å²) >= 11 is 0. The molecule has 1 aromatic carbocycles. The average molecular weight is 429 g/mol. The van der Waals surface area contributed by atoms with Gasteiger partial charge in [0.15, 0.2) is 0 Å². The molecule has 0 radical (unpaired) electrons. The Morgan fingerprint density at radius 1 is 1.24 bits per heavy atom. The Bertz CT molecular complexity index is 795. The van der Waals surface area contributed by atoms with Crippen molar-refractivity contribution in [3.05, 3.63) is 29.8 Å². The van der Waals surface area contributed by atoms with Crippen LogP contribution >= 0.6 is 0 Å². The van der Waals surface area contributed by atoms with E-state index in [2.05, 4.69) is 10.0 Å². The average Bonchev–Trinajstić information content (AvgIpc) is 2.67. The number of nitrogens with one attached hydrogen (secondary N) is 3. The Balaban J connectivity index is 2.35. The molecule has 0 saturated carbocycles. The van der Waals surface area contributed by atoms with Crippen LogP contribution in [0.5, 0.6) is 5.75 Å². The Kier molecular flexibility index (Phi) is 10.1. The molecule has 0 saturated heterocycles. The van der Waals surface area contributed by atoms with Crippen LogP contribution in [0.2, 0.25) is 0 Å². The first-order valence-electron chi connectivity index (χ1n) is 9.21. The third kappa shape index (κ3) is 9.90. The summed E-state index contributed by atoms with van der Waals surface area (Å²) in [7, 11) is -3.72. The van der Waals surface area contributed by atoms with Crippen molar-refractivity contribution in [2.45, 2.75) is 38.6 Å². The number of hydrogen-bond donors (Lipinski definition) is 5. The maximum atomic E-state index is 11.9. The van der Waals surface area contributed by atoms with Crippen molar-refractivity contribution < 1.29 is 27.9 Å². The maximum absolute atomic E-state index is 11.9. The zero-order valence-corrected chi connectivity index (χ0v) is 17.1. The summed E-state index contributed by atoms with van der Waals surface area (Å²) in [5, 5.41) is 18.9. The van der Waals surface area contributed by atoms with E-state index in [0.717, 1.165) is 0 Å². The fourth-order valence-electron chi connectivity index (χ4n) is 2.25. The van der Waals surface area contributed by atoms with Gasteiger partial charge in [-0.2, -0.15) is 4.72 Å². The number of amides is 1. The number of aliphatic carboxylic acids is 1. The first-order chi connectivity index (χ1) is 13.6. The number of carbonyl (C=O) groups excluding carboxylic acids is 1.